The summed E-state index contributed by atoms with van der Waals surface area (Å²) in [5.74, 6) is 0.339. The number of fused-ring (bicyclic) bond motifs is 1. The molecule has 1 aliphatic rings. The molecule has 6 rings (SSSR count). The lowest BCUT2D eigenvalue weighted by Gasteiger charge is -2.32. The number of nitrogens with two attached hydrogens (primary N) is 1. The first-order chi connectivity index (χ1) is 18.5. The zero-order valence-corrected chi connectivity index (χ0v) is 21.7. The molecular weight excluding hydrogens is 525 g/mol. The van der Waals surface area contributed by atoms with Crippen molar-refractivity contribution in [1.29, 1.82) is 0 Å². The Bertz CT molecular complexity index is 1650. The smallest absolute Gasteiger partial charge is 0.280 e. The third-order valence-corrected chi connectivity index (χ3v) is 7.86. The fourth-order valence-electron chi connectivity index (χ4n) is 5.07. The summed E-state index contributed by atoms with van der Waals surface area (Å²) < 4.78 is 17.6. The normalized spacial score (nSPS) is 17.5. The molecule has 1 amide bonds. The first kappa shape index (κ1) is 24.4. The van der Waals surface area contributed by atoms with E-state index >= 15 is 4.39 Å². The SMILES string of the molecule is Nc1cccc(-c2cc3c(cn2)nc(-c2ccccc2F)n3[C@@H]2CCC[C@H](NC(=O)c3ncc(Cl)s3)C2)n1. The summed E-state index contributed by atoms with van der Waals surface area (Å²) in [7, 11) is 0. The summed E-state index contributed by atoms with van der Waals surface area (Å²) in [6.45, 7) is 0. The Morgan fingerprint density at radius 3 is 2.74 bits per heavy atom. The van der Waals surface area contributed by atoms with Crippen molar-refractivity contribution < 1.29 is 9.18 Å². The fourth-order valence-corrected chi connectivity index (χ4v) is 5.89. The lowest BCUT2D eigenvalue weighted by molar-refractivity contribution is 0.0920. The number of aromatic nitrogens is 5. The quantitative estimate of drug-likeness (QED) is 0.283. The Balaban J connectivity index is 1.41. The molecule has 0 unspecified atom stereocenters. The van der Waals surface area contributed by atoms with Gasteiger partial charge in [0.2, 0.25) is 0 Å². The van der Waals surface area contributed by atoms with Crippen LogP contribution in [0.1, 0.15) is 41.5 Å². The van der Waals surface area contributed by atoms with E-state index in [2.05, 4.69) is 24.8 Å². The van der Waals surface area contributed by atoms with Crippen LogP contribution in [0.5, 0.6) is 0 Å². The van der Waals surface area contributed by atoms with Crippen molar-refractivity contribution >= 4 is 45.7 Å². The van der Waals surface area contributed by atoms with Gasteiger partial charge in [0, 0.05) is 12.1 Å². The minimum absolute atomic E-state index is 0.0300. The molecule has 192 valence electrons. The number of benzene rings is 1. The maximum Gasteiger partial charge on any atom is 0.280 e. The van der Waals surface area contributed by atoms with E-state index in [1.54, 1.807) is 30.5 Å². The molecule has 0 radical (unpaired) electrons. The van der Waals surface area contributed by atoms with Gasteiger partial charge in [0.1, 0.15) is 27.3 Å². The molecule has 11 heteroatoms. The van der Waals surface area contributed by atoms with Crippen LogP contribution in [0.15, 0.2) is 60.9 Å². The number of imidazole rings is 1. The second-order valence-corrected chi connectivity index (χ2v) is 10.9. The highest BCUT2D eigenvalue weighted by molar-refractivity contribution is 7.17. The molecule has 0 aliphatic heterocycles. The molecule has 5 aromatic rings. The van der Waals surface area contributed by atoms with Gasteiger partial charge >= 0.3 is 0 Å². The number of anilines is 1. The van der Waals surface area contributed by atoms with Gasteiger partial charge in [-0.3, -0.25) is 9.78 Å². The lowest BCUT2D eigenvalue weighted by Crippen LogP contribution is -2.39. The second kappa shape index (κ2) is 10.1. The third kappa shape index (κ3) is 4.72. The number of rotatable bonds is 5. The molecule has 1 aliphatic carbocycles. The highest BCUT2D eigenvalue weighted by atomic mass is 35.5. The molecule has 4 heterocycles. The predicted octanol–water partition coefficient (Wildman–Crippen LogP) is 5.91. The van der Waals surface area contributed by atoms with Crippen molar-refractivity contribution in [2.24, 2.45) is 0 Å². The van der Waals surface area contributed by atoms with E-state index in [9.17, 15) is 4.79 Å². The molecule has 1 aromatic carbocycles. The van der Waals surface area contributed by atoms with Crippen LogP contribution in [0, 0.1) is 5.82 Å². The molecule has 1 fully saturated rings. The van der Waals surface area contributed by atoms with Gasteiger partial charge in [0.05, 0.1) is 34.9 Å². The monoisotopic (exact) mass is 547 g/mol. The number of nitrogens with zero attached hydrogens (tertiary/aromatic N) is 5. The molecule has 2 atom stereocenters. The Kier molecular flexibility index (Phi) is 6.50. The molecule has 4 aromatic heterocycles. The molecule has 3 N–H and O–H groups in total. The van der Waals surface area contributed by atoms with Crippen molar-refractivity contribution in [3.8, 4) is 22.8 Å². The molecule has 0 saturated heterocycles. The van der Waals surface area contributed by atoms with Crippen LogP contribution in [0.3, 0.4) is 0 Å². The average Bonchev–Trinajstić information content (AvgIpc) is 3.52. The van der Waals surface area contributed by atoms with Crippen molar-refractivity contribution in [3.05, 3.63) is 76.1 Å². The van der Waals surface area contributed by atoms with E-state index < -0.39 is 0 Å². The Morgan fingerprint density at radius 2 is 1.95 bits per heavy atom. The van der Waals surface area contributed by atoms with Gasteiger partial charge in [0.15, 0.2) is 5.01 Å². The van der Waals surface area contributed by atoms with Crippen molar-refractivity contribution in [2.45, 2.75) is 37.8 Å². The number of carbonyl (C=O) groups is 1. The Labute approximate surface area is 226 Å². The summed E-state index contributed by atoms with van der Waals surface area (Å²) >= 11 is 7.12. The summed E-state index contributed by atoms with van der Waals surface area (Å²) in [6.07, 6.45) is 6.40. The minimum Gasteiger partial charge on any atom is -0.384 e. The van der Waals surface area contributed by atoms with Gasteiger partial charge in [-0.2, -0.15) is 0 Å². The van der Waals surface area contributed by atoms with Crippen molar-refractivity contribution in [1.82, 2.24) is 29.8 Å². The number of hydrogen-bond donors (Lipinski definition) is 2. The van der Waals surface area contributed by atoms with Gasteiger partial charge in [-0.1, -0.05) is 41.1 Å². The Hall–Kier alpha value is -3.89. The molecule has 38 heavy (non-hydrogen) atoms. The second-order valence-electron chi connectivity index (χ2n) is 9.25. The number of thiazole rings is 1. The van der Waals surface area contributed by atoms with Crippen LogP contribution in [-0.4, -0.2) is 36.5 Å². The number of amides is 1. The molecule has 1 saturated carbocycles. The highest BCUT2D eigenvalue weighted by Crippen LogP contribution is 2.37. The summed E-state index contributed by atoms with van der Waals surface area (Å²) in [4.78, 5) is 30.7. The standard InChI is InChI=1S/C27H23ClFN7OS/c28-23-14-32-27(38-23)26(37)33-15-5-3-6-16(11-15)36-22-12-20(19-9-4-10-24(30)34-19)31-13-21(22)35-25(36)17-7-1-2-8-18(17)29/h1-2,4,7-10,12-16H,3,5-6,11H2,(H2,30,34)(H,33,37)/t15-,16+/m0/s1. The number of carbonyl (C=O) groups excluding carboxylic acids is 1. The van der Waals surface area contributed by atoms with E-state index in [1.165, 1.54) is 12.3 Å². The molecule has 0 bridgehead atoms. The largest absolute Gasteiger partial charge is 0.384 e. The maximum atomic E-state index is 15.0. The summed E-state index contributed by atoms with van der Waals surface area (Å²) in [5, 5.41) is 3.44. The summed E-state index contributed by atoms with van der Waals surface area (Å²) in [6, 6.07) is 13.8. The van der Waals surface area contributed by atoms with Crippen LogP contribution >= 0.6 is 22.9 Å². The van der Waals surface area contributed by atoms with Crippen LogP contribution < -0.4 is 11.1 Å². The van der Waals surface area contributed by atoms with E-state index in [-0.39, 0.29) is 23.8 Å². The Morgan fingerprint density at radius 1 is 1.08 bits per heavy atom. The van der Waals surface area contributed by atoms with Crippen LogP contribution in [0.4, 0.5) is 10.2 Å². The molecular formula is C27H23ClFN7OS. The highest BCUT2D eigenvalue weighted by Gasteiger charge is 2.29. The molecule has 0 spiro atoms. The fraction of sp³-hybridized carbons (Fsp3) is 0.222. The van der Waals surface area contributed by atoms with Gasteiger partial charge in [0.25, 0.3) is 5.91 Å². The zero-order valence-electron chi connectivity index (χ0n) is 20.1. The molecule has 8 nitrogen and oxygen atoms in total. The van der Waals surface area contributed by atoms with E-state index in [4.69, 9.17) is 22.3 Å². The number of pyridine rings is 2. The van der Waals surface area contributed by atoms with Gasteiger partial charge < -0.3 is 15.6 Å². The zero-order chi connectivity index (χ0) is 26.2. The van der Waals surface area contributed by atoms with Crippen molar-refractivity contribution in [3.63, 3.8) is 0 Å². The predicted molar refractivity (Wildman–Crippen MR) is 146 cm³/mol. The number of nitrogens with one attached hydrogen (secondary N) is 1. The van der Waals surface area contributed by atoms with Crippen LogP contribution in [0.25, 0.3) is 33.8 Å². The third-order valence-electron chi connectivity index (χ3n) is 6.74. The first-order valence-electron chi connectivity index (χ1n) is 12.2. The van der Waals surface area contributed by atoms with Crippen molar-refractivity contribution in [2.75, 3.05) is 5.73 Å². The van der Waals surface area contributed by atoms with Crippen LogP contribution in [0.2, 0.25) is 4.34 Å². The lowest BCUT2D eigenvalue weighted by atomic mass is 9.90. The average molecular weight is 548 g/mol. The topological polar surface area (TPSA) is 112 Å². The number of halogens is 2. The summed E-state index contributed by atoms with van der Waals surface area (Å²) in [5.41, 5.74) is 9.08. The van der Waals surface area contributed by atoms with Gasteiger partial charge in [-0.25, -0.2) is 19.3 Å². The number of nitrogen functional groups attached to an aromatic ring is 1. The van der Waals surface area contributed by atoms with E-state index in [0.29, 0.717) is 49.9 Å². The van der Waals surface area contributed by atoms with Crippen LogP contribution in [-0.2, 0) is 0 Å². The van der Waals surface area contributed by atoms with E-state index in [1.807, 2.05) is 18.2 Å². The maximum absolute atomic E-state index is 15.0. The number of hydrogen-bond acceptors (Lipinski definition) is 7. The first-order valence-corrected chi connectivity index (χ1v) is 13.4. The minimum atomic E-state index is -0.351. The van der Waals surface area contributed by atoms with E-state index in [0.717, 1.165) is 36.1 Å². The van der Waals surface area contributed by atoms with Gasteiger partial charge in [-0.05, 0) is 56.0 Å². The van der Waals surface area contributed by atoms with Gasteiger partial charge in [-0.15, -0.1) is 0 Å².